The number of aliphatic hydroxyl groups excluding tert-OH is 4. The first-order valence-corrected chi connectivity index (χ1v) is 11.9. The number of nitrogens with one attached hydrogen (secondary N) is 2. The van der Waals surface area contributed by atoms with E-state index in [-0.39, 0.29) is 11.1 Å². The maximum absolute atomic E-state index is 12.4. The molecule has 0 aromatic heterocycles. The van der Waals surface area contributed by atoms with E-state index in [9.17, 15) is 30.0 Å². The molecular weight excluding hydrogens is 468 g/mol. The highest BCUT2D eigenvalue weighted by Gasteiger charge is 2.37. The van der Waals surface area contributed by atoms with E-state index in [1.807, 2.05) is 41.5 Å². The molecule has 0 spiro atoms. The summed E-state index contributed by atoms with van der Waals surface area (Å²) in [6.07, 6.45) is 0. The zero-order chi connectivity index (χ0) is 29.2. The molecule has 0 saturated heterocycles. The fourth-order valence-corrected chi connectivity index (χ4v) is 1.75. The first-order valence-electron chi connectivity index (χ1n) is 11.9. The number of aliphatic hydroxyl groups is 4. The Morgan fingerprint density at radius 3 is 0.889 bits per heavy atom. The van der Waals surface area contributed by atoms with Gasteiger partial charge in [0.25, 0.3) is 0 Å². The van der Waals surface area contributed by atoms with Crippen molar-refractivity contribution in [2.24, 2.45) is 20.5 Å². The van der Waals surface area contributed by atoms with E-state index < -0.39 is 60.4 Å². The molecule has 0 aromatic rings. The van der Waals surface area contributed by atoms with Crippen LogP contribution in [0, 0.1) is 0 Å². The van der Waals surface area contributed by atoms with Crippen molar-refractivity contribution >= 4 is 11.8 Å². The van der Waals surface area contributed by atoms with Gasteiger partial charge in [-0.1, -0.05) is 0 Å². The summed E-state index contributed by atoms with van der Waals surface area (Å²) in [5.41, 5.74) is -5.21. The van der Waals surface area contributed by atoms with Crippen LogP contribution in [0.4, 0.5) is 0 Å². The van der Waals surface area contributed by atoms with Gasteiger partial charge in [0.15, 0.2) is 11.1 Å². The minimum Gasteiger partial charge on any atom is -0.394 e. The highest BCUT2D eigenvalue weighted by atomic mass is 16.3. The highest BCUT2D eigenvalue weighted by Crippen LogP contribution is 2.19. The van der Waals surface area contributed by atoms with Crippen LogP contribution in [-0.4, -0.2) is 91.9 Å². The van der Waals surface area contributed by atoms with Gasteiger partial charge < -0.3 is 31.1 Å². The van der Waals surface area contributed by atoms with Crippen LogP contribution in [-0.2, 0) is 9.59 Å². The molecule has 0 heterocycles. The first-order chi connectivity index (χ1) is 15.9. The molecule has 0 saturated carbocycles. The van der Waals surface area contributed by atoms with Crippen molar-refractivity contribution in [3.8, 4) is 0 Å². The van der Waals surface area contributed by atoms with Gasteiger partial charge in [-0.15, -0.1) is 0 Å². The zero-order valence-corrected chi connectivity index (χ0v) is 24.2. The van der Waals surface area contributed by atoms with E-state index in [4.69, 9.17) is 0 Å². The summed E-state index contributed by atoms with van der Waals surface area (Å²) in [5.74, 6) is -1.17. The normalized spacial score (nSPS) is 14.0. The lowest BCUT2D eigenvalue weighted by Crippen LogP contribution is -2.57. The predicted molar refractivity (Wildman–Crippen MR) is 139 cm³/mol. The topological polar surface area (TPSA) is 189 Å². The summed E-state index contributed by atoms with van der Waals surface area (Å²) in [7, 11) is 0. The SMILES string of the molecule is CC(C)(C)N=NC(C)(C)C.CC(CO)(CO)NC(=O)C(C)(C)N=NC(C)(C)C(=O)NC(C)(CO)CO. The van der Waals surface area contributed by atoms with Gasteiger partial charge in [0.1, 0.15) is 0 Å². The molecular formula is C24H50N6O6. The minimum atomic E-state index is -1.36. The number of azo groups is 2. The predicted octanol–water partition coefficient (Wildman–Crippen LogP) is 1.75. The Morgan fingerprint density at radius 2 is 0.722 bits per heavy atom. The first kappa shape index (κ1) is 36.1. The van der Waals surface area contributed by atoms with Gasteiger partial charge in [-0.25, -0.2) is 0 Å². The van der Waals surface area contributed by atoms with Crippen molar-refractivity contribution in [1.82, 2.24) is 10.6 Å². The lowest BCUT2D eigenvalue weighted by atomic mass is 9.99. The van der Waals surface area contributed by atoms with E-state index in [0.717, 1.165) is 0 Å². The minimum absolute atomic E-state index is 0.0344. The Morgan fingerprint density at radius 1 is 0.500 bits per heavy atom. The summed E-state index contributed by atoms with van der Waals surface area (Å²) >= 11 is 0. The highest BCUT2D eigenvalue weighted by molar-refractivity contribution is 5.87. The number of amides is 2. The third-order valence-electron chi connectivity index (χ3n) is 4.54. The molecule has 2 amide bonds. The second kappa shape index (κ2) is 13.5. The summed E-state index contributed by atoms with van der Waals surface area (Å²) in [5, 5.41) is 58.2. The van der Waals surface area contributed by atoms with E-state index in [1.165, 1.54) is 41.5 Å². The maximum Gasteiger partial charge on any atom is 0.249 e. The van der Waals surface area contributed by atoms with Crippen LogP contribution in [0.5, 0.6) is 0 Å². The standard InChI is InChI=1S/C16H32N4O6.C8H18N2/c1-13(2,11(25)17-15(5,7-21)8-22)19-20-14(3,4)12(26)18-16(6,9-23)10-24;1-7(2,3)9-10-8(4,5)6/h21-24H,7-10H2,1-6H3,(H,17,25)(H,18,26);1-6H3. The number of carbonyl (C=O) groups excluding carboxylic acids is 2. The average molecular weight is 519 g/mol. The number of rotatable bonds is 10. The van der Waals surface area contributed by atoms with Crippen LogP contribution in [0.3, 0.4) is 0 Å². The molecule has 36 heavy (non-hydrogen) atoms. The fourth-order valence-electron chi connectivity index (χ4n) is 1.75. The van der Waals surface area contributed by atoms with E-state index in [1.54, 1.807) is 0 Å². The van der Waals surface area contributed by atoms with Gasteiger partial charge in [0.05, 0.1) is 48.6 Å². The Hall–Kier alpha value is -2.02. The van der Waals surface area contributed by atoms with Crippen molar-refractivity contribution in [2.45, 2.75) is 116 Å². The molecule has 12 heteroatoms. The number of carbonyl (C=O) groups is 2. The van der Waals surface area contributed by atoms with Crippen LogP contribution < -0.4 is 10.6 Å². The summed E-state index contributed by atoms with van der Waals surface area (Å²) in [6, 6.07) is 0. The Balaban J connectivity index is 0. The van der Waals surface area contributed by atoms with Gasteiger partial charge in [0, 0.05) is 0 Å². The molecule has 12 nitrogen and oxygen atoms in total. The molecule has 6 N–H and O–H groups in total. The van der Waals surface area contributed by atoms with E-state index in [2.05, 4.69) is 31.1 Å². The number of hydrogen-bond donors (Lipinski definition) is 6. The largest absolute Gasteiger partial charge is 0.394 e. The van der Waals surface area contributed by atoms with Gasteiger partial charge in [0.2, 0.25) is 11.8 Å². The van der Waals surface area contributed by atoms with Crippen molar-refractivity contribution < 1.29 is 30.0 Å². The van der Waals surface area contributed by atoms with Crippen molar-refractivity contribution in [2.75, 3.05) is 26.4 Å². The fraction of sp³-hybridized carbons (Fsp3) is 0.917. The third kappa shape index (κ3) is 14.5. The third-order valence-corrected chi connectivity index (χ3v) is 4.54. The van der Waals surface area contributed by atoms with Crippen LogP contribution in [0.1, 0.15) is 83.1 Å². The maximum atomic E-state index is 12.4. The monoisotopic (exact) mass is 518 g/mol. The van der Waals surface area contributed by atoms with Crippen LogP contribution in [0.25, 0.3) is 0 Å². The van der Waals surface area contributed by atoms with Crippen molar-refractivity contribution in [3.63, 3.8) is 0 Å². The molecule has 0 aromatic carbocycles. The molecule has 0 fully saturated rings. The second-order valence-corrected chi connectivity index (χ2v) is 12.5. The number of hydrogen-bond acceptors (Lipinski definition) is 10. The molecule has 0 unspecified atom stereocenters. The smallest absolute Gasteiger partial charge is 0.249 e. The van der Waals surface area contributed by atoms with Gasteiger partial charge in [-0.05, 0) is 83.1 Å². The zero-order valence-electron chi connectivity index (χ0n) is 24.2. The Labute approximate surface area is 216 Å². The molecule has 0 aliphatic heterocycles. The van der Waals surface area contributed by atoms with Crippen molar-refractivity contribution in [3.05, 3.63) is 0 Å². The second-order valence-electron chi connectivity index (χ2n) is 12.5. The summed E-state index contributed by atoms with van der Waals surface area (Å²) in [4.78, 5) is 24.7. The van der Waals surface area contributed by atoms with Crippen LogP contribution in [0.2, 0.25) is 0 Å². The summed E-state index contributed by atoms with van der Waals surface area (Å²) < 4.78 is 0. The lowest BCUT2D eigenvalue weighted by molar-refractivity contribution is -0.130. The number of nitrogens with zero attached hydrogens (tertiary/aromatic N) is 4. The van der Waals surface area contributed by atoms with Gasteiger partial charge >= 0.3 is 0 Å². The van der Waals surface area contributed by atoms with E-state index in [0.29, 0.717) is 0 Å². The van der Waals surface area contributed by atoms with Gasteiger partial charge in [-0.2, -0.15) is 20.5 Å². The van der Waals surface area contributed by atoms with E-state index >= 15 is 0 Å². The molecule has 0 atom stereocenters. The molecule has 0 radical (unpaired) electrons. The lowest BCUT2D eigenvalue weighted by Gasteiger charge is -2.31. The van der Waals surface area contributed by atoms with Crippen molar-refractivity contribution in [1.29, 1.82) is 0 Å². The van der Waals surface area contributed by atoms with Gasteiger partial charge in [-0.3, -0.25) is 9.59 Å². The van der Waals surface area contributed by atoms with Crippen LogP contribution in [0.15, 0.2) is 20.5 Å². The van der Waals surface area contributed by atoms with Crippen LogP contribution >= 0.6 is 0 Å². The molecule has 0 rings (SSSR count). The quantitative estimate of drug-likeness (QED) is 0.239. The molecule has 0 aliphatic rings. The summed E-state index contributed by atoms with van der Waals surface area (Å²) in [6.45, 7) is 19.3. The Bertz CT molecular complexity index is 696. The average Bonchev–Trinajstić information content (AvgIpc) is 2.75. The molecule has 0 aliphatic carbocycles. The Kier molecular flexibility index (Phi) is 13.6. The molecule has 212 valence electrons. The molecule has 0 bridgehead atoms.